The summed E-state index contributed by atoms with van der Waals surface area (Å²) in [6.07, 6.45) is -0.0602. The van der Waals surface area contributed by atoms with Gasteiger partial charge >= 0.3 is 0 Å². The first kappa shape index (κ1) is 15.7. The molecule has 3 heteroatoms. The fraction of sp³-hybridized carbons (Fsp3) is 0.333. The molecule has 0 fully saturated rings. The monoisotopic (exact) mass is 286 g/mol. The Morgan fingerprint density at radius 1 is 0.762 bits per heavy atom. The van der Waals surface area contributed by atoms with Crippen LogP contribution in [-0.2, 0) is 14.2 Å². The summed E-state index contributed by atoms with van der Waals surface area (Å²) in [6, 6.07) is 18.8. The molecule has 1 atom stereocenters. The maximum Gasteiger partial charge on any atom is 0.106 e. The number of ether oxygens (including phenoxy) is 3. The van der Waals surface area contributed by atoms with Gasteiger partial charge in [-0.05, 0) is 16.7 Å². The third-order valence-electron chi connectivity index (χ3n) is 3.31. The molecule has 0 aliphatic carbocycles. The fourth-order valence-corrected chi connectivity index (χ4v) is 2.19. The van der Waals surface area contributed by atoms with E-state index in [1.807, 2.05) is 18.2 Å². The average molecular weight is 286 g/mol. The molecular weight excluding hydrogens is 264 g/mol. The van der Waals surface area contributed by atoms with Crippen LogP contribution in [0.4, 0.5) is 0 Å². The lowest BCUT2D eigenvalue weighted by Gasteiger charge is -2.17. The smallest absolute Gasteiger partial charge is 0.106 e. The summed E-state index contributed by atoms with van der Waals surface area (Å²) >= 11 is 0. The molecule has 0 spiro atoms. The molecule has 0 saturated heterocycles. The summed E-state index contributed by atoms with van der Waals surface area (Å²) in [6.45, 7) is 1.68. The van der Waals surface area contributed by atoms with Crippen molar-refractivity contribution in [2.24, 2.45) is 0 Å². The first-order valence-corrected chi connectivity index (χ1v) is 7.10. The minimum Gasteiger partial charge on any atom is -0.382 e. The molecule has 2 rings (SSSR count). The molecule has 2 aromatic carbocycles. The van der Waals surface area contributed by atoms with Gasteiger partial charge in [0.25, 0.3) is 0 Å². The van der Waals surface area contributed by atoms with E-state index < -0.39 is 0 Å². The second kappa shape index (κ2) is 8.57. The first-order chi connectivity index (χ1) is 10.3. The molecular formula is C18H22O3. The zero-order valence-corrected chi connectivity index (χ0v) is 12.6. The van der Waals surface area contributed by atoms with Gasteiger partial charge in [0.2, 0.25) is 0 Å². The van der Waals surface area contributed by atoms with Gasteiger partial charge in [-0.3, -0.25) is 0 Å². The lowest BCUT2D eigenvalue weighted by Crippen LogP contribution is -2.13. The fourth-order valence-electron chi connectivity index (χ4n) is 2.19. The van der Waals surface area contributed by atoms with Crippen molar-refractivity contribution >= 4 is 0 Å². The van der Waals surface area contributed by atoms with Gasteiger partial charge in [-0.25, -0.2) is 0 Å². The number of rotatable bonds is 8. The molecule has 0 aliphatic rings. The Hall–Kier alpha value is -1.68. The van der Waals surface area contributed by atoms with E-state index in [9.17, 15) is 0 Å². The van der Waals surface area contributed by atoms with Crippen molar-refractivity contribution in [3.8, 4) is 11.1 Å². The molecule has 0 radical (unpaired) electrons. The minimum atomic E-state index is -0.0602. The topological polar surface area (TPSA) is 27.7 Å². The van der Waals surface area contributed by atoms with Gasteiger partial charge in [0.15, 0.2) is 0 Å². The Morgan fingerprint density at radius 3 is 2.05 bits per heavy atom. The molecule has 0 N–H and O–H groups in total. The van der Waals surface area contributed by atoms with Gasteiger partial charge in [0, 0.05) is 14.2 Å². The van der Waals surface area contributed by atoms with Gasteiger partial charge in [-0.2, -0.15) is 0 Å². The van der Waals surface area contributed by atoms with Crippen LogP contribution in [0.15, 0.2) is 54.6 Å². The summed E-state index contributed by atoms with van der Waals surface area (Å²) in [5.41, 5.74) is 3.53. The minimum absolute atomic E-state index is 0.0602. The van der Waals surface area contributed by atoms with Crippen LogP contribution in [0.5, 0.6) is 0 Å². The Morgan fingerprint density at radius 2 is 1.43 bits per heavy atom. The highest BCUT2D eigenvalue weighted by molar-refractivity contribution is 5.63. The maximum atomic E-state index is 5.80. The highest BCUT2D eigenvalue weighted by atomic mass is 16.5. The molecule has 112 valence electrons. The van der Waals surface area contributed by atoms with Crippen LogP contribution in [0.25, 0.3) is 11.1 Å². The van der Waals surface area contributed by atoms with Gasteiger partial charge in [-0.15, -0.1) is 0 Å². The number of hydrogen-bond acceptors (Lipinski definition) is 3. The molecule has 0 aromatic heterocycles. The lowest BCUT2D eigenvalue weighted by molar-refractivity contribution is -0.0231. The third-order valence-corrected chi connectivity index (χ3v) is 3.31. The largest absolute Gasteiger partial charge is 0.382 e. The standard InChI is InChI=1S/C18H22O3/c1-19-12-13-21-18(14-20-2)17-10-8-16(9-11-17)15-6-4-3-5-7-15/h3-11,18H,12-14H2,1-2H3. The van der Waals surface area contributed by atoms with E-state index >= 15 is 0 Å². The van der Waals surface area contributed by atoms with Crippen molar-refractivity contribution < 1.29 is 14.2 Å². The van der Waals surface area contributed by atoms with Gasteiger partial charge in [0.05, 0.1) is 19.8 Å². The quantitative estimate of drug-likeness (QED) is 0.692. The van der Waals surface area contributed by atoms with Crippen molar-refractivity contribution in [2.45, 2.75) is 6.10 Å². The van der Waals surface area contributed by atoms with Crippen LogP contribution in [0.2, 0.25) is 0 Å². The normalized spacial score (nSPS) is 12.3. The zero-order chi connectivity index (χ0) is 14.9. The molecule has 0 saturated carbocycles. The summed E-state index contributed by atoms with van der Waals surface area (Å²) in [4.78, 5) is 0. The van der Waals surface area contributed by atoms with Crippen LogP contribution in [-0.4, -0.2) is 34.0 Å². The Kier molecular flexibility index (Phi) is 6.41. The third kappa shape index (κ3) is 4.67. The van der Waals surface area contributed by atoms with Gasteiger partial charge in [-0.1, -0.05) is 54.6 Å². The molecule has 3 nitrogen and oxygen atoms in total. The second-order valence-corrected chi connectivity index (χ2v) is 4.80. The SMILES string of the molecule is COCCOC(COC)c1ccc(-c2ccccc2)cc1. The summed E-state index contributed by atoms with van der Waals surface area (Å²) in [5.74, 6) is 0. The van der Waals surface area contributed by atoms with Crippen LogP contribution in [0.1, 0.15) is 11.7 Å². The van der Waals surface area contributed by atoms with Crippen LogP contribution in [0, 0.1) is 0 Å². The average Bonchev–Trinajstić information content (AvgIpc) is 2.55. The first-order valence-electron chi connectivity index (χ1n) is 7.10. The van der Waals surface area contributed by atoms with Crippen LogP contribution < -0.4 is 0 Å². The van der Waals surface area contributed by atoms with Crippen molar-refractivity contribution in [2.75, 3.05) is 34.0 Å². The Balaban J connectivity index is 2.08. The van der Waals surface area contributed by atoms with Gasteiger partial charge < -0.3 is 14.2 Å². The Bertz CT molecular complexity index is 508. The van der Waals surface area contributed by atoms with E-state index in [1.165, 1.54) is 11.1 Å². The van der Waals surface area contributed by atoms with Crippen LogP contribution >= 0.6 is 0 Å². The van der Waals surface area contributed by atoms with E-state index in [0.717, 1.165) is 5.56 Å². The molecule has 0 heterocycles. The van der Waals surface area contributed by atoms with E-state index in [0.29, 0.717) is 19.8 Å². The summed E-state index contributed by atoms with van der Waals surface area (Å²) in [5, 5.41) is 0. The van der Waals surface area contributed by atoms with Crippen molar-refractivity contribution in [1.82, 2.24) is 0 Å². The van der Waals surface area contributed by atoms with E-state index in [1.54, 1.807) is 14.2 Å². The van der Waals surface area contributed by atoms with Crippen molar-refractivity contribution in [1.29, 1.82) is 0 Å². The molecule has 0 bridgehead atoms. The summed E-state index contributed by atoms with van der Waals surface area (Å²) in [7, 11) is 3.36. The maximum absolute atomic E-state index is 5.80. The molecule has 0 aliphatic heterocycles. The highest BCUT2D eigenvalue weighted by Crippen LogP contribution is 2.23. The highest BCUT2D eigenvalue weighted by Gasteiger charge is 2.12. The van der Waals surface area contributed by atoms with Crippen molar-refractivity contribution in [3.05, 3.63) is 60.2 Å². The molecule has 1 unspecified atom stereocenters. The van der Waals surface area contributed by atoms with E-state index in [4.69, 9.17) is 14.2 Å². The van der Waals surface area contributed by atoms with E-state index in [-0.39, 0.29) is 6.10 Å². The number of methoxy groups -OCH3 is 2. The van der Waals surface area contributed by atoms with Crippen LogP contribution in [0.3, 0.4) is 0 Å². The van der Waals surface area contributed by atoms with Gasteiger partial charge in [0.1, 0.15) is 6.10 Å². The molecule has 21 heavy (non-hydrogen) atoms. The van der Waals surface area contributed by atoms with Crippen molar-refractivity contribution in [3.63, 3.8) is 0 Å². The predicted octanol–water partition coefficient (Wildman–Crippen LogP) is 3.70. The number of hydrogen-bond donors (Lipinski definition) is 0. The molecule has 0 amide bonds. The lowest BCUT2D eigenvalue weighted by atomic mass is 10.0. The summed E-state index contributed by atoms with van der Waals surface area (Å²) < 4.78 is 16.1. The Labute approximate surface area is 126 Å². The van der Waals surface area contributed by atoms with E-state index in [2.05, 4.69) is 36.4 Å². The number of benzene rings is 2. The second-order valence-electron chi connectivity index (χ2n) is 4.80. The zero-order valence-electron chi connectivity index (χ0n) is 12.6. The predicted molar refractivity (Wildman–Crippen MR) is 84.3 cm³/mol. The molecule has 2 aromatic rings.